The van der Waals surface area contributed by atoms with Crippen molar-refractivity contribution in [1.82, 2.24) is 5.32 Å². The Kier molecular flexibility index (Phi) is 6.20. The Morgan fingerprint density at radius 1 is 1.33 bits per heavy atom. The molecule has 7 heteroatoms. The summed E-state index contributed by atoms with van der Waals surface area (Å²) < 4.78 is 19.9. The molecule has 160 valence electrons. The average molecular weight is 413 g/mol. The average Bonchev–Trinajstić information content (AvgIpc) is 3.22. The lowest BCUT2D eigenvalue weighted by atomic mass is 10.1. The van der Waals surface area contributed by atoms with Crippen molar-refractivity contribution in [2.24, 2.45) is 0 Å². The molecule has 2 aromatic rings. The van der Waals surface area contributed by atoms with Crippen molar-refractivity contribution in [3.63, 3.8) is 0 Å². The van der Waals surface area contributed by atoms with Crippen molar-refractivity contribution in [2.45, 2.75) is 32.4 Å². The summed E-state index contributed by atoms with van der Waals surface area (Å²) in [6, 6.07) is 10.6. The van der Waals surface area contributed by atoms with Gasteiger partial charge in [0.1, 0.15) is 11.9 Å². The minimum absolute atomic E-state index is 0.149. The molecular formula is C23H29FN4O2. The van der Waals surface area contributed by atoms with Crippen LogP contribution in [0.3, 0.4) is 0 Å². The Labute approximate surface area is 176 Å². The van der Waals surface area contributed by atoms with E-state index in [2.05, 4.69) is 27.8 Å². The normalized spacial score (nSPS) is 20.6. The van der Waals surface area contributed by atoms with Crippen LogP contribution in [0.2, 0.25) is 0 Å². The highest BCUT2D eigenvalue weighted by Crippen LogP contribution is 2.32. The van der Waals surface area contributed by atoms with Crippen LogP contribution in [0, 0.1) is 12.7 Å². The van der Waals surface area contributed by atoms with Gasteiger partial charge in [-0.1, -0.05) is 19.1 Å². The van der Waals surface area contributed by atoms with Crippen molar-refractivity contribution in [2.75, 3.05) is 48.3 Å². The Bertz CT molecular complexity index is 889. The molecule has 2 aliphatic heterocycles. The second-order valence-corrected chi connectivity index (χ2v) is 7.90. The quantitative estimate of drug-likeness (QED) is 0.681. The summed E-state index contributed by atoms with van der Waals surface area (Å²) in [6.45, 7) is 8.06. The largest absolute Gasteiger partial charge is 0.373 e. The van der Waals surface area contributed by atoms with Gasteiger partial charge in [-0.15, -0.1) is 0 Å². The van der Waals surface area contributed by atoms with Crippen molar-refractivity contribution in [3.05, 3.63) is 53.3 Å². The fraction of sp³-hybridized carbons (Fsp3) is 0.435. The van der Waals surface area contributed by atoms with Crippen LogP contribution in [0.25, 0.3) is 0 Å². The number of likely N-dealkylation sites (N-methyl/N-ethyl adjacent to an activating group) is 1. The van der Waals surface area contributed by atoms with Crippen LogP contribution in [-0.4, -0.2) is 50.8 Å². The number of aryl methyl sites for hydroxylation is 1. The number of hydrogen-bond acceptors (Lipinski definition) is 5. The van der Waals surface area contributed by atoms with Crippen LogP contribution >= 0.6 is 0 Å². The van der Waals surface area contributed by atoms with Crippen LogP contribution in [-0.2, 0) is 16.0 Å². The topological polar surface area (TPSA) is 65.6 Å². The first-order valence-electron chi connectivity index (χ1n) is 10.6. The smallest absolute Gasteiger partial charge is 0.247 e. The van der Waals surface area contributed by atoms with E-state index in [1.54, 1.807) is 6.07 Å². The molecule has 6 nitrogen and oxygen atoms in total. The molecule has 2 aromatic carbocycles. The lowest BCUT2D eigenvalue weighted by Crippen LogP contribution is -2.46. The highest BCUT2D eigenvalue weighted by atomic mass is 19.1. The second kappa shape index (κ2) is 9.02. The maximum atomic E-state index is 14.1. The van der Waals surface area contributed by atoms with Crippen molar-refractivity contribution in [3.8, 4) is 0 Å². The molecule has 0 saturated carbocycles. The minimum atomic E-state index is -0.479. The van der Waals surface area contributed by atoms with Crippen LogP contribution in [0.4, 0.5) is 21.5 Å². The molecular weight excluding hydrogens is 383 g/mol. The van der Waals surface area contributed by atoms with Crippen molar-refractivity contribution >= 4 is 23.0 Å². The van der Waals surface area contributed by atoms with E-state index >= 15 is 0 Å². The number of nitrogens with zero attached hydrogens (tertiary/aromatic N) is 1. The molecule has 0 aromatic heterocycles. The van der Waals surface area contributed by atoms with Gasteiger partial charge in [-0.25, -0.2) is 4.39 Å². The van der Waals surface area contributed by atoms with Crippen LogP contribution < -0.4 is 20.9 Å². The third-order valence-corrected chi connectivity index (χ3v) is 5.75. The molecule has 0 aliphatic carbocycles. The van der Waals surface area contributed by atoms with Gasteiger partial charge < -0.3 is 25.6 Å². The zero-order valence-corrected chi connectivity index (χ0v) is 17.5. The summed E-state index contributed by atoms with van der Waals surface area (Å²) in [5.74, 6) is -0.422. The van der Waals surface area contributed by atoms with Gasteiger partial charge in [0.2, 0.25) is 5.91 Å². The van der Waals surface area contributed by atoms with E-state index < -0.39 is 6.04 Å². The van der Waals surface area contributed by atoms with Gasteiger partial charge >= 0.3 is 0 Å². The van der Waals surface area contributed by atoms with Crippen molar-refractivity contribution < 1.29 is 13.9 Å². The molecule has 4 rings (SSSR count). The standard InChI is InChI=1S/C23H29FN4O2/c1-3-25-13-18-14-28(9-10-30-18)17-6-4-5-16(11-17)26-23(29)21-12-19-20(24)8-7-15(2)22(19)27-21/h4-8,11,18,21,25,27H,3,9-10,12-14H2,1-2H3,(H,26,29). The van der Waals surface area contributed by atoms with Gasteiger partial charge in [0.05, 0.1) is 12.7 Å². The van der Waals surface area contributed by atoms with Crippen LogP contribution in [0.15, 0.2) is 36.4 Å². The lowest BCUT2D eigenvalue weighted by Gasteiger charge is -2.34. The molecule has 1 amide bonds. The molecule has 0 spiro atoms. The summed E-state index contributed by atoms with van der Waals surface area (Å²) >= 11 is 0. The number of fused-ring (bicyclic) bond motifs is 1. The van der Waals surface area contributed by atoms with Gasteiger partial charge in [-0.05, 0) is 43.3 Å². The van der Waals surface area contributed by atoms with Gasteiger partial charge in [0, 0.05) is 48.7 Å². The first-order chi connectivity index (χ1) is 14.5. The Morgan fingerprint density at radius 3 is 3.00 bits per heavy atom. The molecule has 1 saturated heterocycles. The van der Waals surface area contributed by atoms with Gasteiger partial charge in [0.15, 0.2) is 0 Å². The van der Waals surface area contributed by atoms with E-state index in [0.717, 1.165) is 48.8 Å². The summed E-state index contributed by atoms with van der Waals surface area (Å²) in [4.78, 5) is 15.1. The van der Waals surface area contributed by atoms with E-state index in [-0.39, 0.29) is 17.8 Å². The molecule has 2 unspecified atom stereocenters. The number of anilines is 3. The number of ether oxygens (including phenoxy) is 1. The van der Waals surface area contributed by atoms with Crippen molar-refractivity contribution in [1.29, 1.82) is 0 Å². The number of rotatable bonds is 6. The van der Waals surface area contributed by atoms with E-state index in [1.807, 2.05) is 31.2 Å². The molecule has 3 N–H and O–H groups in total. The first-order valence-corrected chi connectivity index (χ1v) is 10.6. The molecule has 1 fully saturated rings. The number of amides is 1. The Morgan fingerprint density at radius 2 is 2.20 bits per heavy atom. The van der Waals surface area contributed by atoms with Gasteiger partial charge in [0.25, 0.3) is 0 Å². The summed E-state index contributed by atoms with van der Waals surface area (Å²) in [7, 11) is 0. The predicted octanol–water partition coefficient (Wildman–Crippen LogP) is 2.92. The molecule has 0 radical (unpaired) electrons. The number of carbonyl (C=O) groups is 1. The van der Waals surface area contributed by atoms with Crippen LogP contribution in [0.1, 0.15) is 18.1 Å². The number of benzene rings is 2. The maximum absolute atomic E-state index is 14.1. The molecule has 30 heavy (non-hydrogen) atoms. The highest BCUT2D eigenvalue weighted by Gasteiger charge is 2.30. The molecule has 2 atom stereocenters. The first kappa shape index (κ1) is 20.6. The summed E-state index contributed by atoms with van der Waals surface area (Å²) in [5.41, 5.74) is 4.07. The molecule has 0 bridgehead atoms. The zero-order valence-electron chi connectivity index (χ0n) is 17.5. The summed E-state index contributed by atoms with van der Waals surface area (Å²) in [5, 5.41) is 9.50. The van der Waals surface area contributed by atoms with E-state index in [1.165, 1.54) is 6.07 Å². The highest BCUT2D eigenvalue weighted by molar-refractivity contribution is 5.98. The Hall–Kier alpha value is -2.64. The lowest BCUT2D eigenvalue weighted by molar-refractivity contribution is -0.116. The zero-order chi connectivity index (χ0) is 21.1. The number of nitrogens with one attached hydrogen (secondary N) is 3. The second-order valence-electron chi connectivity index (χ2n) is 7.90. The molecule has 2 heterocycles. The van der Waals surface area contributed by atoms with E-state index in [4.69, 9.17) is 4.74 Å². The third-order valence-electron chi connectivity index (χ3n) is 5.75. The molecule has 2 aliphatic rings. The third kappa shape index (κ3) is 4.42. The Balaban J connectivity index is 1.41. The number of carbonyl (C=O) groups excluding carboxylic acids is 1. The van der Waals surface area contributed by atoms with Gasteiger partial charge in [-0.2, -0.15) is 0 Å². The maximum Gasteiger partial charge on any atom is 0.247 e. The van der Waals surface area contributed by atoms with Crippen LogP contribution in [0.5, 0.6) is 0 Å². The fourth-order valence-electron chi connectivity index (χ4n) is 4.12. The predicted molar refractivity (Wildman–Crippen MR) is 118 cm³/mol. The summed E-state index contributed by atoms with van der Waals surface area (Å²) in [6.07, 6.45) is 0.500. The van der Waals surface area contributed by atoms with Gasteiger partial charge in [-0.3, -0.25) is 4.79 Å². The number of hydrogen-bond donors (Lipinski definition) is 3. The van der Waals surface area contributed by atoms with E-state index in [9.17, 15) is 9.18 Å². The number of morpholine rings is 1. The SMILES string of the molecule is CCNCC1CN(c2cccc(NC(=O)C3Cc4c(F)ccc(C)c4N3)c2)CCO1. The fourth-order valence-corrected chi connectivity index (χ4v) is 4.12. The number of halogens is 1. The van der Waals surface area contributed by atoms with E-state index in [0.29, 0.717) is 18.6 Å². The monoisotopic (exact) mass is 412 g/mol. The minimum Gasteiger partial charge on any atom is -0.373 e.